The summed E-state index contributed by atoms with van der Waals surface area (Å²) in [5, 5.41) is 8.74. The van der Waals surface area contributed by atoms with Gasteiger partial charge in [-0.1, -0.05) is 15.9 Å². The van der Waals surface area contributed by atoms with Crippen molar-refractivity contribution in [2.24, 2.45) is 7.05 Å². The van der Waals surface area contributed by atoms with Crippen LogP contribution in [0.1, 0.15) is 0 Å². The molecule has 0 saturated carbocycles. The average molecular weight is 285 g/mol. The van der Waals surface area contributed by atoms with E-state index in [-0.39, 0.29) is 12.2 Å². The van der Waals surface area contributed by atoms with Crippen LogP contribution < -0.4 is 5.69 Å². The van der Waals surface area contributed by atoms with Gasteiger partial charge in [0.05, 0.1) is 11.0 Å². The van der Waals surface area contributed by atoms with Crippen molar-refractivity contribution in [1.82, 2.24) is 9.13 Å². The van der Waals surface area contributed by atoms with Crippen LogP contribution in [0.4, 0.5) is 0 Å². The zero-order valence-corrected chi connectivity index (χ0v) is 10.1. The van der Waals surface area contributed by atoms with Gasteiger partial charge in [0.15, 0.2) is 0 Å². The maximum Gasteiger partial charge on any atom is 0.329 e. The number of benzene rings is 1. The van der Waals surface area contributed by atoms with Gasteiger partial charge >= 0.3 is 11.7 Å². The summed E-state index contributed by atoms with van der Waals surface area (Å²) in [5.74, 6) is -1.03. The minimum Gasteiger partial charge on any atom is -0.480 e. The van der Waals surface area contributed by atoms with E-state index in [1.54, 1.807) is 25.2 Å². The zero-order valence-electron chi connectivity index (χ0n) is 8.48. The van der Waals surface area contributed by atoms with Crippen molar-refractivity contribution in [3.63, 3.8) is 0 Å². The van der Waals surface area contributed by atoms with Crippen LogP contribution in [0.15, 0.2) is 27.5 Å². The summed E-state index contributed by atoms with van der Waals surface area (Å²) in [4.78, 5) is 22.4. The normalized spacial score (nSPS) is 10.9. The molecule has 0 radical (unpaired) electrons. The zero-order chi connectivity index (χ0) is 11.9. The Bertz CT molecular complexity index is 627. The summed E-state index contributed by atoms with van der Waals surface area (Å²) >= 11 is 3.31. The van der Waals surface area contributed by atoms with Crippen molar-refractivity contribution in [2.75, 3.05) is 0 Å². The van der Waals surface area contributed by atoms with Crippen LogP contribution in [0.5, 0.6) is 0 Å². The van der Waals surface area contributed by atoms with Crippen molar-refractivity contribution >= 4 is 32.9 Å². The van der Waals surface area contributed by atoms with Gasteiger partial charge in [-0.25, -0.2) is 4.79 Å². The first-order valence-corrected chi connectivity index (χ1v) is 5.36. The molecule has 1 aromatic heterocycles. The van der Waals surface area contributed by atoms with Gasteiger partial charge in [0.25, 0.3) is 0 Å². The molecular formula is C10H9BrN2O3. The van der Waals surface area contributed by atoms with E-state index >= 15 is 0 Å². The number of imidazole rings is 1. The van der Waals surface area contributed by atoms with E-state index in [1.807, 2.05) is 0 Å². The number of carboxylic acid groups (broad SMARTS) is 1. The lowest BCUT2D eigenvalue weighted by atomic mass is 10.3. The van der Waals surface area contributed by atoms with Gasteiger partial charge in [0, 0.05) is 11.5 Å². The monoisotopic (exact) mass is 284 g/mol. The fourth-order valence-electron chi connectivity index (χ4n) is 1.67. The minimum atomic E-state index is -1.03. The molecule has 16 heavy (non-hydrogen) atoms. The minimum absolute atomic E-state index is 0.322. The number of fused-ring (bicyclic) bond motifs is 1. The van der Waals surface area contributed by atoms with Gasteiger partial charge < -0.3 is 5.11 Å². The first-order valence-electron chi connectivity index (χ1n) is 4.57. The van der Waals surface area contributed by atoms with Gasteiger partial charge in [0.1, 0.15) is 6.54 Å². The second-order valence-corrected chi connectivity index (χ2v) is 4.37. The van der Waals surface area contributed by atoms with E-state index in [0.29, 0.717) is 11.0 Å². The Kier molecular flexibility index (Phi) is 2.59. The Morgan fingerprint density at radius 1 is 1.44 bits per heavy atom. The smallest absolute Gasteiger partial charge is 0.329 e. The first-order chi connectivity index (χ1) is 7.50. The number of aromatic nitrogens is 2. The SMILES string of the molecule is Cn1c(=O)n(CC(=O)O)c2ccc(Br)cc21. The summed E-state index contributed by atoms with van der Waals surface area (Å²) in [7, 11) is 1.62. The molecule has 0 spiro atoms. The fraction of sp³-hybridized carbons (Fsp3) is 0.200. The van der Waals surface area contributed by atoms with Gasteiger partial charge in [-0.3, -0.25) is 13.9 Å². The topological polar surface area (TPSA) is 64.2 Å². The lowest BCUT2D eigenvalue weighted by Crippen LogP contribution is -2.25. The van der Waals surface area contributed by atoms with Crippen LogP contribution in [-0.2, 0) is 18.4 Å². The van der Waals surface area contributed by atoms with E-state index in [2.05, 4.69) is 15.9 Å². The third-order valence-electron chi connectivity index (χ3n) is 2.40. The summed E-state index contributed by atoms with van der Waals surface area (Å²) in [6, 6.07) is 5.29. The maximum atomic E-state index is 11.8. The number of aliphatic carboxylic acids is 1. The van der Waals surface area contributed by atoms with E-state index in [9.17, 15) is 9.59 Å². The molecule has 0 aliphatic heterocycles. The predicted molar refractivity (Wildman–Crippen MR) is 62.5 cm³/mol. The number of hydrogen-bond donors (Lipinski definition) is 1. The summed E-state index contributed by atoms with van der Waals surface area (Å²) in [6.07, 6.45) is 0. The molecule has 84 valence electrons. The van der Waals surface area contributed by atoms with Crippen molar-refractivity contribution in [3.05, 3.63) is 33.2 Å². The van der Waals surface area contributed by atoms with Gasteiger partial charge in [0.2, 0.25) is 0 Å². The van der Waals surface area contributed by atoms with Crippen LogP contribution in [0, 0.1) is 0 Å². The quantitative estimate of drug-likeness (QED) is 0.901. The number of nitrogens with zero attached hydrogens (tertiary/aromatic N) is 2. The van der Waals surface area contributed by atoms with Crippen molar-refractivity contribution in [1.29, 1.82) is 0 Å². The third-order valence-corrected chi connectivity index (χ3v) is 2.89. The Morgan fingerprint density at radius 3 is 2.75 bits per heavy atom. The summed E-state index contributed by atoms with van der Waals surface area (Å²) < 4.78 is 3.52. The largest absolute Gasteiger partial charge is 0.480 e. The third kappa shape index (κ3) is 1.65. The van der Waals surface area contributed by atoms with E-state index in [4.69, 9.17) is 5.11 Å². The summed E-state index contributed by atoms with van der Waals surface area (Å²) in [6.45, 7) is -0.322. The predicted octanol–water partition coefficient (Wildman–Crippen LogP) is 1.19. The van der Waals surface area contributed by atoms with Crippen LogP contribution in [0.3, 0.4) is 0 Å². The maximum absolute atomic E-state index is 11.8. The van der Waals surface area contributed by atoms with Crippen LogP contribution in [-0.4, -0.2) is 20.2 Å². The first kappa shape index (κ1) is 10.9. The van der Waals surface area contributed by atoms with Crippen molar-refractivity contribution in [2.45, 2.75) is 6.54 Å². The Labute approximate surface area is 99.0 Å². The molecule has 1 aromatic carbocycles. The Balaban J connectivity index is 2.79. The molecule has 0 fully saturated rings. The molecule has 0 amide bonds. The highest BCUT2D eigenvalue weighted by Gasteiger charge is 2.12. The standard InChI is InChI=1S/C10H9BrN2O3/c1-12-8-4-6(11)2-3-7(8)13(10(12)16)5-9(14)15/h2-4H,5H2,1H3,(H,14,15). The average Bonchev–Trinajstić information content (AvgIpc) is 2.43. The molecule has 0 unspecified atom stereocenters. The molecule has 0 aliphatic carbocycles. The molecule has 6 heteroatoms. The lowest BCUT2D eigenvalue weighted by molar-refractivity contribution is -0.137. The number of carbonyl (C=O) groups is 1. The van der Waals surface area contributed by atoms with Gasteiger partial charge in [-0.2, -0.15) is 0 Å². The molecule has 5 nitrogen and oxygen atoms in total. The number of hydrogen-bond acceptors (Lipinski definition) is 2. The fourth-order valence-corrected chi connectivity index (χ4v) is 2.02. The number of aryl methyl sites for hydroxylation is 1. The van der Waals surface area contributed by atoms with E-state index in [0.717, 1.165) is 4.47 Å². The van der Waals surface area contributed by atoms with E-state index in [1.165, 1.54) is 9.13 Å². The second-order valence-electron chi connectivity index (χ2n) is 3.45. The number of halogens is 1. The molecule has 1 N–H and O–H groups in total. The van der Waals surface area contributed by atoms with Gasteiger partial charge in [-0.15, -0.1) is 0 Å². The Morgan fingerprint density at radius 2 is 2.12 bits per heavy atom. The lowest BCUT2D eigenvalue weighted by Gasteiger charge is -1.98. The molecule has 0 bridgehead atoms. The molecule has 0 aliphatic rings. The summed E-state index contributed by atoms with van der Waals surface area (Å²) in [5.41, 5.74) is 1.01. The van der Waals surface area contributed by atoms with Gasteiger partial charge in [-0.05, 0) is 18.2 Å². The Hall–Kier alpha value is -1.56. The molecule has 2 rings (SSSR count). The van der Waals surface area contributed by atoms with Crippen molar-refractivity contribution in [3.8, 4) is 0 Å². The number of carboxylic acids is 1. The van der Waals surface area contributed by atoms with Crippen LogP contribution >= 0.6 is 15.9 Å². The molecule has 1 heterocycles. The van der Waals surface area contributed by atoms with Crippen LogP contribution in [0.2, 0.25) is 0 Å². The van der Waals surface area contributed by atoms with Crippen LogP contribution in [0.25, 0.3) is 11.0 Å². The highest BCUT2D eigenvalue weighted by molar-refractivity contribution is 9.10. The highest BCUT2D eigenvalue weighted by atomic mass is 79.9. The molecule has 0 saturated heterocycles. The van der Waals surface area contributed by atoms with Crippen molar-refractivity contribution < 1.29 is 9.90 Å². The molecule has 2 aromatic rings. The van der Waals surface area contributed by atoms with E-state index < -0.39 is 5.97 Å². The molecular weight excluding hydrogens is 276 g/mol. The highest BCUT2D eigenvalue weighted by Crippen LogP contribution is 2.18. The number of rotatable bonds is 2. The second kappa shape index (κ2) is 3.79. The molecule has 0 atom stereocenters.